The van der Waals surface area contributed by atoms with Gasteiger partial charge in [-0.3, -0.25) is 4.79 Å². The highest BCUT2D eigenvalue weighted by atomic mass is 16.5. The van der Waals surface area contributed by atoms with Gasteiger partial charge in [0.1, 0.15) is 11.8 Å². The summed E-state index contributed by atoms with van der Waals surface area (Å²) in [6, 6.07) is 5.51. The van der Waals surface area contributed by atoms with Crippen LogP contribution in [0.2, 0.25) is 0 Å². The van der Waals surface area contributed by atoms with E-state index in [1.165, 1.54) is 0 Å². The van der Waals surface area contributed by atoms with Gasteiger partial charge < -0.3 is 15.4 Å². The number of anilines is 1. The van der Waals surface area contributed by atoms with Crippen LogP contribution in [0.15, 0.2) is 18.2 Å². The highest BCUT2D eigenvalue weighted by Gasteiger charge is 2.12. The predicted molar refractivity (Wildman–Crippen MR) is 74.1 cm³/mol. The molecule has 0 aromatic heterocycles. The zero-order valence-electron chi connectivity index (χ0n) is 11.5. The van der Waals surface area contributed by atoms with Crippen molar-refractivity contribution in [2.45, 2.75) is 33.2 Å². The smallest absolute Gasteiger partial charge is 0.242 e. The SMILES string of the molecule is CCCNC(=O)C(C)Nc1ccc(OC)cc1C. The molecule has 0 radical (unpaired) electrons. The summed E-state index contributed by atoms with van der Waals surface area (Å²) in [7, 11) is 1.64. The van der Waals surface area contributed by atoms with Crippen molar-refractivity contribution in [3.63, 3.8) is 0 Å². The fourth-order valence-electron chi connectivity index (χ4n) is 1.63. The molecule has 0 bridgehead atoms. The maximum atomic E-state index is 11.7. The Hall–Kier alpha value is -1.71. The fraction of sp³-hybridized carbons (Fsp3) is 0.500. The molecule has 18 heavy (non-hydrogen) atoms. The number of benzene rings is 1. The van der Waals surface area contributed by atoms with E-state index in [0.717, 1.165) is 23.4 Å². The first-order valence-corrected chi connectivity index (χ1v) is 6.27. The van der Waals surface area contributed by atoms with Crippen molar-refractivity contribution in [1.82, 2.24) is 5.32 Å². The summed E-state index contributed by atoms with van der Waals surface area (Å²) in [5.41, 5.74) is 2.01. The van der Waals surface area contributed by atoms with Crippen molar-refractivity contribution in [3.05, 3.63) is 23.8 Å². The molecule has 1 unspecified atom stereocenters. The molecule has 0 saturated carbocycles. The van der Waals surface area contributed by atoms with Gasteiger partial charge in [0.15, 0.2) is 0 Å². The van der Waals surface area contributed by atoms with E-state index in [4.69, 9.17) is 4.74 Å². The summed E-state index contributed by atoms with van der Waals surface area (Å²) < 4.78 is 5.15. The van der Waals surface area contributed by atoms with Crippen molar-refractivity contribution >= 4 is 11.6 Å². The van der Waals surface area contributed by atoms with Gasteiger partial charge in [0.05, 0.1) is 7.11 Å². The summed E-state index contributed by atoms with van der Waals surface area (Å²) >= 11 is 0. The number of hydrogen-bond acceptors (Lipinski definition) is 3. The normalized spacial score (nSPS) is 11.8. The van der Waals surface area contributed by atoms with Crippen LogP contribution in [0.25, 0.3) is 0 Å². The second-order valence-electron chi connectivity index (χ2n) is 4.34. The molecule has 0 saturated heterocycles. The molecule has 100 valence electrons. The maximum Gasteiger partial charge on any atom is 0.242 e. The Labute approximate surface area is 109 Å². The first-order valence-electron chi connectivity index (χ1n) is 6.27. The lowest BCUT2D eigenvalue weighted by Crippen LogP contribution is -2.38. The molecule has 0 fully saturated rings. The van der Waals surface area contributed by atoms with E-state index in [0.29, 0.717) is 6.54 Å². The molecule has 1 aromatic carbocycles. The van der Waals surface area contributed by atoms with Gasteiger partial charge in [0, 0.05) is 12.2 Å². The summed E-state index contributed by atoms with van der Waals surface area (Å²) in [4.78, 5) is 11.7. The van der Waals surface area contributed by atoms with E-state index >= 15 is 0 Å². The van der Waals surface area contributed by atoms with Crippen LogP contribution in [0.3, 0.4) is 0 Å². The van der Waals surface area contributed by atoms with Gasteiger partial charge in [-0.15, -0.1) is 0 Å². The van der Waals surface area contributed by atoms with E-state index in [9.17, 15) is 4.79 Å². The minimum absolute atomic E-state index is 0.0204. The van der Waals surface area contributed by atoms with E-state index in [-0.39, 0.29) is 11.9 Å². The minimum atomic E-state index is -0.247. The van der Waals surface area contributed by atoms with Crippen molar-refractivity contribution < 1.29 is 9.53 Å². The lowest BCUT2D eigenvalue weighted by Gasteiger charge is -2.17. The summed E-state index contributed by atoms with van der Waals surface area (Å²) in [5.74, 6) is 0.841. The molecule has 1 rings (SSSR count). The molecule has 1 amide bonds. The predicted octanol–water partition coefficient (Wildman–Crippen LogP) is 2.33. The van der Waals surface area contributed by atoms with Gasteiger partial charge in [-0.2, -0.15) is 0 Å². The van der Waals surface area contributed by atoms with Crippen molar-refractivity contribution in [1.29, 1.82) is 0 Å². The van der Waals surface area contributed by atoms with E-state index < -0.39 is 0 Å². The summed E-state index contributed by atoms with van der Waals surface area (Å²) in [6.45, 7) is 6.59. The van der Waals surface area contributed by atoms with Gasteiger partial charge >= 0.3 is 0 Å². The van der Waals surface area contributed by atoms with Crippen LogP contribution in [0.1, 0.15) is 25.8 Å². The van der Waals surface area contributed by atoms with Crippen LogP contribution in [0.4, 0.5) is 5.69 Å². The highest BCUT2D eigenvalue weighted by molar-refractivity contribution is 5.84. The second-order valence-corrected chi connectivity index (χ2v) is 4.34. The fourth-order valence-corrected chi connectivity index (χ4v) is 1.63. The molecule has 0 spiro atoms. The van der Waals surface area contributed by atoms with Gasteiger partial charge in [-0.05, 0) is 44.0 Å². The first-order chi connectivity index (χ1) is 8.58. The molecular weight excluding hydrogens is 228 g/mol. The maximum absolute atomic E-state index is 11.7. The molecule has 4 nitrogen and oxygen atoms in total. The number of rotatable bonds is 6. The Morgan fingerprint density at radius 1 is 1.44 bits per heavy atom. The topological polar surface area (TPSA) is 50.4 Å². The van der Waals surface area contributed by atoms with E-state index in [1.54, 1.807) is 7.11 Å². The number of methoxy groups -OCH3 is 1. The van der Waals surface area contributed by atoms with Crippen molar-refractivity contribution in [3.8, 4) is 5.75 Å². The first kappa shape index (κ1) is 14.4. The van der Waals surface area contributed by atoms with Crippen LogP contribution < -0.4 is 15.4 Å². The zero-order chi connectivity index (χ0) is 13.5. The quantitative estimate of drug-likeness (QED) is 0.814. The Balaban J connectivity index is 2.64. The lowest BCUT2D eigenvalue weighted by molar-refractivity contribution is -0.121. The third kappa shape index (κ3) is 3.95. The zero-order valence-corrected chi connectivity index (χ0v) is 11.5. The molecule has 0 aliphatic carbocycles. The average molecular weight is 250 g/mol. The van der Waals surface area contributed by atoms with Crippen LogP contribution in [0.5, 0.6) is 5.75 Å². The van der Waals surface area contributed by atoms with Crippen molar-refractivity contribution in [2.75, 3.05) is 19.0 Å². The van der Waals surface area contributed by atoms with E-state index in [1.807, 2.05) is 39.0 Å². The number of nitrogens with one attached hydrogen (secondary N) is 2. The number of carbonyl (C=O) groups excluding carboxylic acids is 1. The molecular formula is C14H22N2O2. The standard InChI is InChI=1S/C14H22N2O2/c1-5-8-15-14(17)11(3)16-13-7-6-12(18-4)9-10(13)2/h6-7,9,11,16H,5,8H2,1-4H3,(H,15,17). The minimum Gasteiger partial charge on any atom is -0.497 e. The Morgan fingerprint density at radius 2 is 2.17 bits per heavy atom. The Kier molecular flexibility index (Phi) is 5.49. The van der Waals surface area contributed by atoms with Gasteiger partial charge in [-0.1, -0.05) is 6.92 Å². The summed E-state index contributed by atoms with van der Waals surface area (Å²) in [5, 5.41) is 6.07. The number of carbonyl (C=O) groups is 1. The van der Waals surface area contributed by atoms with Crippen LogP contribution in [-0.4, -0.2) is 25.6 Å². The molecule has 1 atom stereocenters. The van der Waals surface area contributed by atoms with Gasteiger partial charge in [-0.25, -0.2) is 0 Å². The highest BCUT2D eigenvalue weighted by Crippen LogP contribution is 2.21. The van der Waals surface area contributed by atoms with Crippen molar-refractivity contribution in [2.24, 2.45) is 0 Å². The van der Waals surface area contributed by atoms with E-state index in [2.05, 4.69) is 10.6 Å². The lowest BCUT2D eigenvalue weighted by atomic mass is 10.1. The summed E-state index contributed by atoms with van der Waals surface area (Å²) in [6.07, 6.45) is 0.944. The molecule has 0 aliphatic rings. The van der Waals surface area contributed by atoms with Crippen LogP contribution in [0, 0.1) is 6.92 Å². The monoisotopic (exact) mass is 250 g/mol. The number of amides is 1. The van der Waals surface area contributed by atoms with Gasteiger partial charge in [0.2, 0.25) is 5.91 Å². The molecule has 1 aromatic rings. The largest absolute Gasteiger partial charge is 0.497 e. The third-order valence-electron chi connectivity index (χ3n) is 2.75. The number of ether oxygens (including phenoxy) is 1. The molecule has 0 heterocycles. The Morgan fingerprint density at radius 3 is 2.72 bits per heavy atom. The number of aryl methyl sites for hydroxylation is 1. The second kappa shape index (κ2) is 6.89. The Bertz CT molecular complexity index is 405. The average Bonchev–Trinajstić information content (AvgIpc) is 2.38. The van der Waals surface area contributed by atoms with Gasteiger partial charge in [0.25, 0.3) is 0 Å². The molecule has 2 N–H and O–H groups in total. The molecule has 4 heteroatoms. The third-order valence-corrected chi connectivity index (χ3v) is 2.75. The van der Waals surface area contributed by atoms with Crippen LogP contribution >= 0.6 is 0 Å². The number of hydrogen-bond donors (Lipinski definition) is 2. The molecule has 0 aliphatic heterocycles. The van der Waals surface area contributed by atoms with Crippen LogP contribution in [-0.2, 0) is 4.79 Å².